The van der Waals surface area contributed by atoms with Crippen LogP contribution in [-0.4, -0.2) is 29.2 Å². The number of aromatic nitrogens is 1. The van der Waals surface area contributed by atoms with Gasteiger partial charge < -0.3 is 0 Å². The second kappa shape index (κ2) is 16.1. The first-order valence-corrected chi connectivity index (χ1v) is 12.2. The lowest BCUT2D eigenvalue weighted by Crippen LogP contribution is -2.23. The molecule has 0 radical (unpaired) electrons. The Labute approximate surface area is 216 Å². The van der Waals surface area contributed by atoms with Gasteiger partial charge in [0.2, 0.25) is 0 Å². The molecule has 0 fully saturated rings. The number of carbonyl (C=O) groups is 2. The van der Waals surface area contributed by atoms with Crippen LogP contribution < -0.4 is 10.9 Å². The van der Waals surface area contributed by atoms with Crippen molar-refractivity contribution in [1.29, 1.82) is 0 Å². The fraction of sp³-hybridized carbons (Fsp3) is 0.414. The summed E-state index contributed by atoms with van der Waals surface area (Å²) < 4.78 is 0. The van der Waals surface area contributed by atoms with Gasteiger partial charge in [-0.1, -0.05) is 34.4 Å². The van der Waals surface area contributed by atoms with Gasteiger partial charge in [0.05, 0.1) is 22.5 Å². The average molecular weight is 492 g/mol. The molecule has 7 nitrogen and oxygen atoms in total. The van der Waals surface area contributed by atoms with E-state index in [4.69, 9.17) is 0 Å². The van der Waals surface area contributed by atoms with Crippen molar-refractivity contribution in [3.8, 4) is 0 Å². The summed E-state index contributed by atoms with van der Waals surface area (Å²) in [5, 5.41) is 8.00. The number of hydrazone groups is 2. The molecule has 36 heavy (non-hydrogen) atoms. The fourth-order valence-corrected chi connectivity index (χ4v) is 3.17. The molecular weight excluding hydrogens is 450 g/mol. The topological polar surface area (TPSA) is 95.8 Å². The van der Waals surface area contributed by atoms with Crippen LogP contribution in [0.4, 0.5) is 0 Å². The molecule has 0 aliphatic heterocycles. The number of nitrogens with one attached hydrogen (secondary N) is 2. The number of carbonyl (C=O) groups excluding carboxylic acids is 2. The van der Waals surface area contributed by atoms with Crippen molar-refractivity contribution in [2.24, 2.45) is 10.2 Å². The molecule has 2 amide bonds. The van der Waals surface area contributed by atoms with Gasteiger partial charge >= 0.3 is 0 Å². The highest BCUT2D eigenvalue weighted by Crippen LogP contribution is 2.13. The molecule has 0 bridgehead atoms. The smallest absolute Gasteiger partial charge is 0.267 e. The number of allylic oxidation sites excluding steroid dienone is 8. The van der Waals surface area contributed by atoms with Crippen LogP contribution in [0.1, 0.15) is 99.3 Å². The van der Waals surface area contributed by atoms with Gasteiger partial charge in [0.1, 0.15) is 0 Å². The van der Waals surface area contributed by atoms with Gasteiger partial charge in [-0.2, -0.15) is 10.2 Å². The van der Waals surface area contributed by atoms with Crippen LogP contribution >= 0.6 is 0 Å². The Kier molecular flexibility index (Phi) is 13.6. The van der Waals surface area contributed by atoms with Crippen molar-refractivity contribution in [2.75, 3.05) is 0 Å². The highest BCUT2D eigenvalue weighted by molar-refractivity contribution is 6.01. The molecule has 7 heteroatoms. The van der Waals surface area contributed by atoms with Crippen LogP contribution in [0, 0.1) is 13.8 Å². The highest BCUT2D eigenvalue weighted by Gasteiger charge is 2.17. The van der Waals surface area contributed by atoms with Gasteiger partial charge in [-0.05, 0) is 99.3 Å². The normalized spacial score (nSPS) is 12.1. The zero-order chi connectivity index (χ0) is 27.1. The Morgan fingerprint density at radius 3 is 1.50 bits per heavy atom. The maximum Gasteiger partial charge on any atom is 0.273 e. The largest absolute Gasteiger partial charge is 0.273 e. The lowest BCUT2D eigenvalue weighted by Gasteiger charge is -2.09. The van der Waals surface area contributed by atoms with Gasteiger partial charge in [0, 0.05) is 12.4 Å². The lowest BCUT2D eigenvalue weighted by molar-refractivity contribution is 0.0954. The maximum absolute atomic E-state index is 12.6. The van der Waals surface area contributed by atoms with Gasteiger partial charge in [-0.25, -0.2) is 10.9 Å². The first-order chi connectivity index (χ1) is 17.0. The molecule has 0 aliphatic carbocycles. The summed E-state index contributed by atoms with van der Waals surface area (Å²) in [5.74, 6) is -0.862. The minimum absolute atomic E-state index is 0.283. The van der Waals surface area contributed by atoms with Crippen molar-refractivity contribution < 1.29 is 9.59 Å². The van der Waals surface area contributed by atoms with E-state index >= 15 is 0 Å². The molecule has 0 atom stereocenters. The molecule has 0 saturated carbocycles. The molecule has 0 aliphatic rings. The third kappa shape index (κ3) is 12.2. The number of nitrogens with zero attached hydrogens (tertiary/aromatic N) is 3. The minimum atomic E-state index is -0.431. The summed E-state index contributed by atoms with van der Waals surface area (Å²) in [6.07, 6.45) is 15.0. The number of aryl methyl sites for hydroxylation is 2. The molecule has 0 aromatic carbocycles. The van der Waals surface area contributed by atoms with Crippen LogP contribution in [0.15, 0.2) is 62.9 Å². The summed E-state index contributed by atoms with van der Waals surface area (Å²) in [4.78, 5) is 29.6. The van der Waals surface area contributed by atoms with Crippen LogP contribution in [-0.2, 0) is 0 Å². The van der Waals surface area contributed by atoms with Crippen molar-refractivity contribution in [2.45, 2.75) is 81.1 Å². The standard InChI is InChI=1S/C29H41N5O2/c1-20(2)11-9-13-22(5)15-17-30-33-28(35)26-19-27(25(8)32-24(26)7)29(36)34-31-18-16-23(6)14-10-12-21(3)4/h11-12,15-19H,9-10,13-14H2,1-8H3,(H,33,35)(H,34,36)/b22-15+,23-16+,30-17+,31-18+. The molecular formula is C29H41N5O2. The summed E-state index contributed by atoms with van der Waals surface area (Å²) in [7, 11) is 0. The molecule has 1 aromatic rings. The zero-order valence-corrected chi connectivity index (χ0v) is 23.0. The molecule has 1 heterocycles. The Balaban J connectivity index is 2.78. The van der Waals surface area contributed by atoms with E-state index in [9.17, 15) is 9.59 Å². The Hall–Kier alpha value is -3.61. The van der Waals surface area contributed by atoms with E-state index in [1.165, 1.54) is 17.2 Å². The monoisotopic (exact) mass is 491 g/mol. The van der Waals surface area contributed by atoms with Gasteiger partial charge in [0.15, 0.2) is 0 Å². The van der Waals surface area contributed by atoms with Crippen molar-refractivity contribution in [1.82, 2.24) is 15.8 Å². The number of pyridine rings is 1. The Bertz CT molecular complexity index is 1010. The van der Waals surface area contributed by atoms with Crippen molar-refractivity contribution in [3.05, 3.63) is 75.2 Å². The molecule has 0 spiro atoms. The predicted molar refractivity (Wildman–Crippen MR) is 150 cm³/mol. The molecule has 1 aromatic heterocycles. The first kappa shape index (κ1) is 30.4. The summed E-state index contributed by atoms with van der Waals surface area (Å²) in [6, 6.07) is 1.52. The Morgan fingerprint density at radius 2 is 1.14 bits per heavy atom. The predicted octanol–water partition coefficient (Wildman–Crippen LogP) is 6.52. The van der Waals surface area contributed by atoms with Crippen LogP contribution in [0.3, 0.4) is 0 Å². The van der Waals surface area contributed by atoms with E-state index in [0.717, 1.165) is 36.8 Å². The van der Waals surface area contributed by atoms with Crippen LogP contribution in [0.25, 0.3) is 0 Å². The molecule has 1 rings (SSSR count). The molecule has 2 N–H and O–H groups in total. The minimum Gasteiger partial charge on any atom is -0.267 e. The quantitative estimate of drug-likeness (QED) is 0.198. The number of amides is 2. The van der Waals surface area contributed by atoms with E-state index in [2.05, 4.69) is 65.9 Å². The molecule has 0 unspecified atom stereocenters. The van der Waals surface area contributed by atoms with E-state index < -0.39 is 11.8 Å². The lowest BCUT2D eigenvalue weighted by atomic mass is 10.1. The summed E-state index contributed by atoms with van der Waals surface area (Å²) >= 11 is 0. The fourth-order valence-electron chi connectivity index (χ4n) is 3.17. The van der Waals surface area contributed by atoms with Gasteiger partial charge in [-0.3, -0.25) is 14.6 Å². The third-order valence-electron chi connectivity index (χ3n) is 5.27. The highest BCUT2D eigenvalue weighted by atomic mass is 16.2. The van der Waals surface area contributed by atoms with E-state index in [0.29, 0.717) is 11.4 Å². The summed E-state index contributed by atoms with van der Waals surface area (Å²) in [6.45, 7) is 15.8. The van der Waals surface area contributed by atoms with E-state index in [1.54, 1.807) is 26.3 Å². The maximum atomic E-state index is 12.6. The molecule has 194 valence electrons. The number of hydrogen-bond acceptors (Lipinski definition) is 5. The number of hydrogen-bond donors (Lipinski definition) is 2. The van der Waals surface area contributed by atoms with Crippen molar-refractivity contribution >= 4 is 24.2 Å². The van der Waals surface area contributed by atoms with Gasteiger partial charge in [-0.15, -0.1) is 0 Å². The SMILES string of the molecule is CC(C)=CCC/C(C)=C/C=N/NC(=O)c1cc(C(=O)N/N=C/C=C(\C)CCC=C(C)C)c(C)nc1C. The molecule has 0 saturated heterocycles. The number of rotatable bonds is 12. The second-order valence-corrected chi connectivity index (χ2v) is 9.36. The van der Waals surface area contributed by atoms with Crippen LogP contribution in [0.2, 0.25) is 0 Å². The average Bonchev–Trinajstić information content (AvgIpc) is 2.78. The first-order valence-electron chi connectivity index (χ1n) is 12.2. The third-order valence-corrected chi connectivity index (χ3v) is 5.27. The zero-order valence-electron chi connectivity index (χ0n) is 23.0. The van der Waals surface area contributed by atoms with Gasteiger partial charge in [0.25, 0.3) is 11.8 Å². The van der Waals surface area contributed by atoms with Crippen LogP contribution in [0.5, 0.6) is 0 Å². The van der Waals surface area contributed by atoms with E-state index in [-0.39, 0.29) is 11.1 Å². The second-order valence-electron chi connectivity index (χ2n) is 9.36. The van der Waals surface area contributed by atoms with Crippen molar-refractivity contribution in [3.63, 3.8) is 0 Å². The summed E-state index contributed by atoms with van der Waals surface area (Å²) in [5.41, 5.74) is 11.5. The Morgan fingerprint density at radius 1 is 0.750 bits per heavy atom. The van der Waals surface area contributed by atoms with E-state index in [1.807, 2.05) is 26.0 Å².